The zero-order valence-electron chi connectivity index (χ0n) is 29.1. The zero-order valence-corrected chi connectivity index (χ0v) is 29.1. The van der Waals surface area contributed by atoms with Gasteiger partial charge in [0, 0.05) is 63.0 Å². The van der Waals surface area contributed by atoms with Crippen LogP contribution >= 0.6 is 0 Å². The largest absolute Gasteiger partial charge is 0.379 e. The Bertz CT molecular complexity index is 999. The Balaban J connectivity index is 0.000000768. The molecule has 1 aromatic heterocycles. The van der Waals surface area contributed by atoms with E-state index in [1.165, 1.54) is 24.6 Å². The topological polar surface area (TPSA) is 41.1 Å². The number of ether oxygens (including phenoxy) is 2. The molecule has 1 aromatic carbocycles. The predicted octanol–water partition coefficient (Wildman–Crippen LogP) is 8.99. The number of pyridine rings is 1. The van der Waals surface area contributed by atoms with Crippen LogP contribution in [0.15, 0.2) is 42.6 Å². The zero-order chi connectivity index (χ0) is 32.2. The first-order valence-electron chi connectivity index (χ1n) is 17.8. The summed E-state index contributed by atoms with van der Waals surface area (Å²) in [5, 5.41) is 0. The van der Waals surface area contributed by atoms with E-state index in [1.54, 1.807) is 6.07 Å². The molecular formula is C37H63FN4O2. The number of halogens is 1. The van der Waals surface area contributed by atoms with Gasteiger partial charge in [-0.2, -0.15) is 0 Å². The lowest BCUT2D eigenvalue weighted by Crippen LogP contribution is -2.50. The number of rotatable bonds is 11. The van der Waals surface area contributed by atoms with E-state index in [2.05, 4.69) is 47.6 Å². The van der Waals surface area contributed by atoms with Gasteiger partial charge in [0.05, 0.1) is 25.3 Å². The van der Waals surface area contributed by atoms with Crippen LogP contribution in [0.25, 0.3) is 0 Å². The summed E-state index contributed by atoms with van der Waals surface area (Å²) < 4.78 is 25.3. The summed E-state index contributed by atoms with van der Waals surface area (Å²) in [6.07, 6.45) is 11.3. The van der Waals surface area contributed by atoms with E-state index in [4.69, 9.17) is 14.5 Å². The minimum Gasteiger partial charge on any atom is -0.379 e. The van der Waals surface area contributed by atoms with Gasteiger partial charge < -0.3 is 24.2 Å². The van der Waals surface area contributed by atoms with Crippen molar-refractivity contribution in [2.24, 2.45) is 5.92 Å². The molecule has 5 rings (SSSR count). The van der Waals surface area contributed by atoms with Gasteiger partial charge in [-0.15, -0.1) is 0 Å². The summed E-state index contributed by atoms with van der Waals surface area (Å²) in [5.74, 6) is 1.55. The van der Waals surface area contributed by atoms with Gasteiger partial charge in [-0.3, -0.25) is 0 Å². The minimum atomic E-state index is -0.157. The van der Waals surface area contributed by atoms with Gasteiger partial charge in [0.1, 0.15) is 11.6 Å². The fraction of sp³-hybridized carbons (Fsp3) is 0.703. The Morgan fingerprint density at radius 2 is 1.43 bits per heavy atom. The molecule has 0 saturated carbocycles. The molecule has 0 radical (unpaired) electrons. The van der Waals surface area contributed by atoms with Crippen LogP contribution in [-0.4, -0.2) is 69.7 Å². The van der Waals surface area contributed by atoms with Crippen molar-refractivity contribution in [3.63, 3.8) is 0 Å². The molecule has 2 aromatic rings. The Hall–Kier alpha value is -2.38. The van der Waals surface area contributed by atoms with Crippen molar-refractivity contribution in [2.75, 3.05) is 67.3 Å². The number of fused-ring (bicyclic) bond motifs is 1. The minimum absolute atomic E-state index is 0.157. The highest BCUT2D eigenvalue weighted by molar-refractivity contribution is 5.58. The molecule has 6 nitrogen and oxygen atoms in total. The molecule has 0 N–H and O–H groups in total. The van der Waals surface area contributed by atoms with Crippen molar-refractivity contribution in [1.82, 2.24) is 4.98 Å². The second-order valence-electron chi connectivity index (χ2n) is 11.4. The lowest BCUT2D eigenvalue weighted by molar-refractivity contribution is 0.0300. The highest BCUT2D eigenvalue weighted by Gasteiger charge is 2.41. The SMILES string of the molecule is CC.CC.CCCC.CCCOCCOCC1CCN(c2ccnc(N3CC[C@@H]4[C@H]3CCCN4c3cccc(F)c3)c2)CC1. The molecular weight excluding hydrogens is 551 g/mol. The maximum Gasteiger partial charge on any atom is 0.130 e. The van der Waals surface area contributed by atoms with Crippen LogP contribution in [0.5, 0.6) is 0 Å². The van der Waals surface area contributed by atoms with E-state index >= 15 is 0 Å². The van der Waals surface area contributed by atoms with Gasteiger partial charge in [-0.1, -0.05) is 67.4 Å². The Morgan fingerprint density at radius 3 is 2.11 bits per heavy atom. The van der Waals surface area contributed by atoms with Crippen LogP contribution in [0.1, 0.15) is 99.8 Å². The van der Waals surface area contributed by atoms with E-state index < -0.39 is 0 Å². The third-order valence-electron chi connectivity index (χ3n) is 8.53. The summed E-state index contributed by atoms with van der Waals surface area (Å²) in [5.41, 5.74) is 2.28. The number of unbranched alkanes of at least 4 members (excludes halogenated alkanes) is 1. The number of anilines is 3. The Morgan fingerprint density at radius 1 is 0.727 bits per heavy atom. The molecule has 7 heteroatoms. The van der Waals surface area contributed by atoms with Crippen molar-refractivity contribution < 1.29 is 13.9 Å². The van der Waals surface area contributed by atoms with E-state index in [9.17, 15) is 4.39 Å². The smallest absolute Gasteiger partial charge is 0.130 e. The molecule has 3 fully saturated rings. The lowest BCUT2D eigenvalue weighted by atomic mass is 9.96. The molecule has 0 amide bonds. The second-order valence-corrected chi connectivity index (χ2v) is 11.4. The van der Waals surface area contributed by atoms with Gasteiger partial charge in [0.25, 0.3) is 0 Å². The van der Waals surface area contributed by atoms with Gasteiger partial charge >= 0.3 is 0 Å². The fourth-order valence-electron chi connectivity index (χ4n) is 6.18. The molecule has 0 spiro atoms. The molecule has 3 aliphatic heterocycles. The maximum atomic E-state index is 13.9. The number of hydrogen-bond donors (Lipinski definition) is 0. The molecule has 2 atom stereocenters. The van der Waals surface area contributed by atoms with E-state index in [0.717, 1.165) is 89.4 Å². The number of nitrogens with zero attached hydrogens (tertiary/aromatic N) is 4. The van der Waals surface area contributed by atoms with Crippen LogP contribution in [-0.2, 0) is 9.47 Å². The second kappa shape index (κ2) is 22.2. The summed E-state index contributed by atoms with van der Waals surface area (Å²) in [6, 6.07) is 12.3. The molecule has 0 aliphatic carbocycles. The fourth-order valence-corrected chi connectivity index (χ4v) is 6.18. The van der Waals surface area contributed by atoms with Gasteiger partial charge in [0.15, 0.2) is 0 Å². The molecule has 0 bridgehead atoms. The standard InChI is InChI=1S/C29H41FN4O2.C4H10.2C2H6/c1-2-17-35-18-19-36-22-23-9-14-32(15-10-23)25-8-12-31-29(21-25)34-16-11-28-27(34)7-4-13-33(28)26-6-3-5-24(30)20-26;1-3-4-2;2*1-2/h3,5-6,8,12,20-21,23,27-28H,2,4,7,9-11,13-19,22H2,1H3;3-4H2,1-2H3;2*1-2H3/t27-,28-;;;/m1.../s1. The average Bonchev–Trinajstić information content (AvgIpc) is 3.53. The number of hydrogen-bond acceptors (Lipinski definition) is 6. The van der Waals surface area contributed by atoms with Crippen LogP contribution in [0.3, 0.4) is 0 Å². The van der Waals surface area contributed by atoms with E-state index in [-0.39, 0.29) is 5.82 Å². The van der Waals surface area contributed by atoms with E-state index in [0.29, 0.717) is 31.2 Å². The van der Waals surface area contributed by atoms with Crippen molar-refractivity contribution in [1.29, 1.82) is 0 Å². The third kappa shape index (κ3) is 11.5. The van der Waals surface area contributed by atoms with Gasteiger partial charge in [-0.05, 0) is 68.7 Å². The summed E-state index contributed by atoms with van der Waals surface area (Å²) >= 11 is 0. The quantitative estimate of drug-likeness (QED) is 0.235. The highest BCUT2D eigenvalue weighted by Crippen LogP contribution is 2.37. The normalized spacial score (nSPS) is 19.6. The molecule has 0 unspecified atom stereocenters. The Labute approximate surface area is 269 Å². The summed E-state index contributed by atoms with van der Waals surface area (Å²) in [7, 11) is 0. The van der Waals surface area contributed by atoms with Crippen LogP contribution in [0.4, 0.5) is 21.6 Å². The van der Waals surface area contributed by atoms with Crippen LogP contribution < -0.4 is 14.7 Å². The molecule has 4 heterocycles. The molecule has 44 heavy (non-hydrogen) atoms. The summed E-state index contributed by atoms with van der Waals surface area (Å²) in [6.45, 7) is 21.7. The first kappa shape index (κ1) is 37.8. The first-order chi connectivity index (χ1) is 21.6. The van der Waals surface area contributed by atoms with Crippen molar-refractivity contribution in [2.45, 2.75) is 112 Å². The Kier molecular flexibility index (Phi) is 19.1. The van der Waals surface area contributed by atoms with Crippen molar-refractivity contribution in [3.8, 4) is 0 Å². The monoisotopic (exact) mass is 614 g/mol. The summed E-state index contributed by atoms with van der Waals surface area (Å²) in [4.78, 5) is 12.2. The van der Waals surface area contributed by atoms with Crippen molar-refractivity contribution >= 4 is 17.2 Å². The third-order valence-corrected chi connectivity index (χ3v) is 8.53. The maximum absolute atomic E-state index is 13.9. The highest BCUT2D eigenvalue weighted by atomic mass is 19.1. The number of aromatic nitrogens is 1. The van der Waals surface area contributed by atoms with Gasteiger partial charge in [-0.25, -0.2) is 9.37 Å². The van der Waals surface area contributed by atoms with Gasteiger partial charge in [0.2, 0.25) is 0 Å². The van der Waals surface area contributed by atoms with Crippen LogP contribution in [0, 0.1) is 11.7 Å². The predicted molar refractivity (Wildman–Crippen MR) is 187 cm³/mol. The van der Waals surface area contributed by atoms with Crippen LogP contribution in [0.2, 0.25) is 0 Å². The lowest BCUT2D eigenvalue weighted by Gasteiger charge is -2.41. The van der Waals surface area contributed by atoms with E-state index in [1.807, 2.05) is 46.0 Å². The number of piperidine rings is 2. The first-order valence-corrected chi connectivity index (χ1v) is 17.8. The number of benzene rings is 1. The average molecular weight is 615 g/mol. The van der Waals surface area contributed by atoms with Crippen molar-refractivity contribution in [3.05, 3.63) is 48.4 Å². The molecule has 250 valence electrons. The molecule has 3 saturated heterocycles. The molecule has 3 aliphatic rings.